The number of aliphatic hydroxyl groups is 1. The zero-order chi connectivity index (χ0) is 22.6. The lowest BCUT2D eigenvalue weighted by Gasteiger charge is -2.35. The van der Waals surface area contributed by atoms with Crippen molar-refractivity contribution in [2.45, 2.75) is 64.6 Å². The fraction of sp³-hybridized carbons (Fsp3) is 0.520. The molecule has 1 aliphatic rings. The molecule has 0 radical (unpaired) electrons. The van der Waals surface area contributed by atoms with Gasteiger partial charge in [-0.1, -0.05) is 63.6 Å². The maximum Gasteiger partial charge on any atom is 0.152 e. The molecule has 3 atom stereocenters. The molecule has 0 amide bonds. The molecule has 31 heavy (non-hydrogen) atoms. The fourth-order valence-electron chi connectivity index (χ4n) is 4.40. The smallest absolute Gasteiger partial charge is 0.152 e. The van der Waals surface area contributed by atoms with E-state index in [1.807, 2.05) is 24.3 Å². The molecule has 2 aromatic carbocycles. The van der Waals surface area contributed by atoms with Gasteiger partial charge in [-0.2, -0.15) is 0 Å². The minimum Gasteiger partial charge on any atom is -0.508 e. The van der Waals surface area contributed by atoms with E-state index < -0.39 is 22.0 Å². The molecular weight excluding hydrogens is 410 g/mol. The Labute approximate surface area is 186 Å². The van der Waals surface area contributed by atoms with E-state index in [1.165, 1.54) is 5.56 Å². The van der Waals surface area contributed by atoms with Crippen LogP contribution in [0.4, 0.5) is 0 Å². The van der Waals surface area contributed by atoms with Crippen LogP contribution in [0.2, 0.25) is 0 Å². The largest absolute Gasteiger partial charge is 0.508 e. The Morgan fingerprint density at radius 1 is 1.10 bits per heavy atom. The van der Waals surface area contributed by atoms with Crippen LogP contribution in [0.25, 0.3) is 0 Å². The summed E-state index contributed by atoms with van der Waals surface area (Å²) in [7, 11) is -3.26. The van der Waals surface area contributed by atoms with Crippen molar-refractivity contribution in [1.82, 2.24) is 5.32 Å². The molecule has 0 bridgehead atoms. The van der Waals surface area contributed by atoms with Crippen LogP contribution >= 0.6 is 0 Å². The van der Waals surface area contributed by atoms with Gasteiger partial charge in [0.05, 0.1) is 17.6 Å². The third kappa shape index (κ3) is 6.31. The average molecular weight is 446 g/mol. The summed E-state index contributed by atoms with van der Waals surface area (Å²) in [5.41, 5.74) is 4.14. The predicted molar refractivity (Wildman–Crippen MR) is 125 cm³/mol. The summed E-state index contributed by atoms with van der Waals surface area (Å²) in [6, 6.07) is 13.2. The van der Waals surface area contributed by atoms with Crippen molar-refractivity contribution < 1.29 is 18.6 Å². The highest BCUT2D eigenvalue weighted by Gasteiger charge is 2.39. The first-order valence-electron chi connectivity index (χ1n) is 11.2. The molecule has 0 saturated carbocycles. The molecule has 0 aromatic heterocycles. The van der Waals surface area contributed by atoms with Crippen LogP contribution in [0.3, 0.4) is 0 Å². The Bertz CT molecular complexity index is 987. The SMILES string of the molecule is CCCc1cc(C[C@@H]2CS(=O)(=O)C[C@H](NCc3cccc(C(C)C)c3)[C@H]2O)ccc1O. The summed E-state index contributed by atoms with van der Waals surface area (Å²) in [6.07, 6.45) is 1.41. The molecule has 1 fully saturated rings. The number of aromatic hydroxyl groups is 1. The highest BCUT2D eigenvalue weighted by molar-refractivity contribution is 7.91. The first-order valence-corrected chi connectivity index (χ1v) is 13.0. The molecule has 0 unspecified atom stereocenters. The van der Waals surface area contributed by atoms with Gasteiger partial charge in [0.1, 0.15) is 5.75 Å². The Balaban J connectivity index is 1.72. The van der Waals surface area contributed by atoms with E-state index in [1.54, 1.807) is 6.07 Å². The van der Waals surface area contributed by atoms with Gasteiger partial charge >= 0.3 is 0 Å². The number of phenolic OH excluding ortho intramolecular Hbond substituents is 1. The molecule has 5 nitrogen and oxygen atoms in total. The second-order valence-electron chi connectivity index (χ2n) is 9.13. The zero-order valence-electron chi connectivity index (χ0n) is 18.7. The number of benzene rings is 2. The third-order valence-corrected chi connectivity index (χ3v) is 7.95. The number of aryl methyl sites for hydroxylation is 1. The van der Waals surface area contributed by atoms with Gasteiger partial charge in [0, 0.05) is 18.5 Å². The number of rotatable bonds is 8. The van der Waals surface area contributed by atoms with Crippen LogP contribution in [0.15, 0.2) is 42.5 Å². The van der Waals surface area contributed by atoms with Crippen LogP contribution in [0.5, 0.6) is 5.75 Å². The maximum absolute atomic E-state index is 12.6. The van der Waals surface area contributed by atoms with Gasteiger partial charge in [-0.05, 0) is 47.1 Å². The van der Waals surface area contributed by atoms with Crippen molar-refractivity contribution in [3.05, 3.63) is 64.7 Å². The lowest BCUT2D eigenvalue weighted by molar-refractivity contribution is 0.0781. The Hall–Kier alpha value is -1.89. The summed E-state index contributed by atoms with van der Waals surface area (Å²) in [4.78, 5) is 0. The quantitative estimate of drug-likeness (QED) is 0.578. The van der Waals surface area contributed by atoms with Crippen molar-refractivity contribution in [3.8, 4) is 5.75 Å². The second kappa shape index (κ2) is 10.2. The number of sulfone groups is 1. The second-order valence-corrected chi connectivity index (χ2v) is 11.3. The summed E-state index contributed by atoms with van der Waals surface area (Å²) in [5, 5.41) is 24.3. The lowest BCUT2D eigenvalue weighted by Crippen LogP contribution is -2.54. The van der Waals surface area contributed by atoms with Crippen LogP contribution in [0, 0.1) is 5.92 Å². The van der Waals surface area contributed by atoms with E-state index in [4.69, 9.17) is 0 Å². The number of aliphatic hydroxyl groups excluding tert-OH is 1. The summed E-state index contributed by atoms with van der Waals surface area (Å²) >= 11 is 0. The first kappa shape index (κ1) is 23.8. The van der Waals surface area contributed by atoms with Gasteiger partial charge in [-0.3, -0.25) is 0 Å². The van der Waals surface area contributed by atoms with Crippen molar-refractivity contribution in [2.75, 3.05) is 11.5 Å². The molecule has 3 N–H and O–H groups in total. The van der Waals surface area contributed by atoms with Crippen LogP contribution in [-0.4, -0.2) is 42.3 Å². The van der Waals surface area contributed by atoms with Gasteiger partial charge in [-0.25, -0.2) is 8.42 Å². The third-order valence-electron chi connectivity index (χ3n) is 6.14. The molecular formula is C25H35NO4S. The van der Waals surface area contributed by atoms with Gasteiger partial charge < -0.3 is 15.5 Å². The zero-order valence-corrected chi connectivity index (χ0v) is 19.5. The predicted octanol–water partition coefficient (Wildman–Crippen LogP) is 3.57. The van der Waals surface area contributed by atoms with Crippen molar-refractivity contribution in [3.63, 3.8) is 0 Å². The van der Waals surface area contributed by atoms with Gasteiger partial charge in [0.15, 0.2) is 9.84 Å². The van der Waals surface area contributed by atoms with Crippen LogP contribution in [-0.2, 0) is 29.2 Å². The van der Waals surface area contributed by atoms with E-state index in [-0.39, 0.29) is 23.2 Å². The molecule has 1 aliphatic heterocycles. The summed E-state index contributed by atoms with van der Waals surface area (Å²) in [5.74, 6) is 0.250. The normalized spacial score (nSPS) is 23.2. The molecule has 0 spiro atoms. The molecule has 3 rings (SSSR count). The lowest BCUT2D eigenvalue weighted by atomic mass is 9.90. The molecule has 1 saturated heterocycles. The topological polar surface area (TPSA) is 86.6 Å². The number of nitrogens with one attached hydrogen (secondary N) is 1. The van der Waals surface area contributed by atoms with E-state index in [2.05, 4.69) is 38.2 Å². The molecule has 2 aromatic rings. The highest BCUT2D eigenvalue weighted by Crippen LogP contribution is 2.27. The Morgan fingerprint density at radius 3 is 2.58 bits per heavy atom. The Kier molecular flexibility index (Phi) is 7.78. The number of phenols is 1. The molecule has 170 valence electrons. The van der Waals surface area contributed by atoms with E-state index in [0.29, 0.717) is 18.9 Å². The van der Waals surface area contributed by atoms with Gasteiger partial charge in [0.2, 0.25) is 0 Å². The van der Waals surface area contributed by atoms with Crippen molar-refractivity contribution >= 4 is 9.84 Å². The first-order chi connectivity index (χ1) is 14.7. The number of hydrogen-bond donors (Lipinski definition) is 3. The van der Waals surface area contributed by atoms with Crippen molar-refractivity contribution in [1.29, 1.82) is 0 Å². The van der Waals surface area contributed by atoms with Gasteiger partial charge in [0.25, 0.3) is 0 Å². The Morgan fingerprint density at radius 2 is 1.87 bits per heavy atom. The summed E-state index contributed by atoms with van der Waals surface area (Å²) < 4.78 is 25.2. The monoisotopic (exact) mass is 445 g/mol. The molecule has 1 heterocycles. The van der Waals surface area contributed by atoms with Crippen LogP contribution in [0.1, 0.15) is 55.4 Å². The molecule has 6 heteroatoms. The number of hydrogen-bond acceptors (Lipinski definition) is 5. The minimum absolute atomic E-state index is 0.0147. The fourth-order valence-corrected chi connectivity index (χ4v) is 6.37. The van der Waals surface area contributed by atoms with Crippen molar-refractivity contribution in [2.24, 2.45) is 5.92 Å². The maximum atomic E-state index is 12.6. The van der Waals surface area contributed by atoms with E-state index in [9.17, 15) is 18.6 Å². The average Bonchev–Trinajstić information content (AvgIpc) is 2.72. The van der Waals surface area contributed by atoms with E-state index in [0.717, 1.165) is 29.5 Å². The summed E-state index contributed by atoms with van der Waals surface area (Å²) in [6.45, 7) is 6.86. The van der Waals surface area contributed by atoms with Gasteiger partial charge in [-0.15, -0.1) is 0 Å². The minimum atomic E-state index is -3.26. The molecule has 0 aliphatic carbocycles. The van der Waals surface area contributed by atoms with Crippen LogP contribution < -0.4 is 5.32 Å². The standard InChI is InChI=1S/C25H35NO4S/c1-4-6-21-11-18(9-10-24(21)27)12-22-15-31(29,30)16-23(25(22)28)26-14-19-7-5-8-20(13-19)17(2)3/h5,7-11,13,17,22-23,25-28H,4,6,12,14-16H2,1-3H3/t22-,23+,25+/m1/s1. The highest BCUT2D eigenvalue weighted by atomic mass is 32.2. The van der Waals surface area contributed by atoms with E-state index >= 15 is 0 Å².